The summed E-state index contributed by atoms with van der Waals surface area (Å²) in [5.41, 5.74) is 1.79. The van der Waals surface area contributed by atoms with Crippen molar-refractivity contribution in [2.45, 2.75) is 0 Å². The van der Waals surface area contributed by atoms with Gasteiger partial charge in [0.05, 0.1) is 6.20 Å². The van der Waals surface area contributed by atoms with Gasteiger partial charge in [0, 0.05) is 12.6 Å². The van der Waals surface area contributed by atoms with Crippen LogP contribution in [0.25, 0.3) is 0 Å². The molecule has 3 heteroatoms. The molecule has 2 rings (SSSR count). The lowest BCUT2D eigenvalue weighted by Gasteiger charge is -1.92. The highest BCUT2D eigenvalue weighted by Gasteiger charge is 1.99. The minimum absolute atomic E-state index is 0.451. The topological polar surface area (TPSA) is 17.8 Å². The maximum Gasteiger partial charge on any atom is 0.203 e. The van der Waals surface area contributed by atoms with Crippen molar-refractivity contribution in [2.24, 2.45) is 7.05 Å². The molecule has 0 saturated carbocycles. The van der Waals surface area contributed by atoms with Gasteiger partial charge in [0.25, 0.3) is 0 Å². The Kier molecular flexibility index (Phi) is 2.75. The van der Waals surface area contributed by atoms with E-state index in [0.717, 1.165) is 11.3 Å². The Morgan fingerprint density at radius 1 is 1.20 bits per heavy atom. The number of nitrogens with zero attached hydrogens (tertiary/aromatic N) is 2. The first-order valence-corrected chi connectivity index (χ1v) is 4.89. The quantitative estimate of drug-likeness (QED) is 0.619. The maximum absolute atomic E-state index is 5.80. The summed E-state index contributed by atoms with van der Waals surface area (Å²) >= 11 is 5.80. The van der Waals surface area contributed by atoms with Gasteiger partial charge in [0.1, 0.15) is 5.69 Å². The van der Waals surface area contributed by atoms with Crippen LogP contribution in [0.1, 0.15) is 11.3 Å². The van der Waals surface area contributed by atoms with E-state index in [9.17, 15) is 0 Å². The smallest absolute Gasteiger partial charge is 0.203 e. The van der Waals surface area contributed by atoms with Gasteiger partial charge >= 0.3 is 0 Å². The lowest BCUT2D eigenvalue weighted by atomic mass is 10.2. The Bertz CT molecular complexity index is 518. The number of benzene rings is 1. The molecule has 0 fully saturated rings. The zero-order valence-corrected chi connectivity index (χ0v) is 8.99. The summed E-state index contributed by atoms with van der Waals surface area (Å²) in [7, 11) is 1.84. The summed E-state index contributed by atoms with van der Waals surface area (Å²) in [5.74, 6) is 6.06. The first kappa shape index (κ1) is 9.82. The van der Waals surface area contributed by atoms with Gasteiger partial charge in [-0.05, 0) is 29.7 Å². The molecule has 0 spiro atoms. The second kappa shape index (κ2) is 4.20. The van der Waals surface area contributed by atoms with Gasteiger partial charge in [-0.15, -0.1) is 0 Å². The lowest BCUT2D eigenvalue weighted by Crippen LogP contribution is -1.90. The predicted octanol–water partition coefficient (Wildman–Crippen LogP) is 2.47. The van der Waals surface area contributed by atoms with Crippen LogP contribution in [0.5, 0.6) is 0 Å². The van der Waals surface area contributed by atoms with Crippen LogP contribution in [0.4, 0.5) is 0 Å². The molecule has 1 heterocycles. The Hall–Kier alpha value is -1.72. The highest BCUT2D eigenvalue weighted by atomic mass is 35.5. The summed E-state index contributed by atoms with van der Waals surface area (Å²) in [6.45, 7) is 0. The third-order valence-electron chi connectivity index (χ3n) is 2.04. The van der Waals surface area contributed by atoms with Crippen LogP contribution in [0.2, 0.25) is 5.28 Å². The standard InChI is InChI=1S/C12H9ClN2/c1-15-11(9-14-12(15)13)8-7-10-5-3-2-4-6-10/h2-6,9H,1H3. The Morgan fingerprint density at radius 2 is 1.93 bits per heavy atom. The molecule has 0 saturated heterocycles. The number of hydrogen-bond donors (Lipinski definition) is 0. The number of hydrogen-bond acceptors (Lipinski definition) is 1. The van der Waals surface area contributed by atoms with Crippen molar-refractivity contribution in [2.75, 3.05) is 0 Å². The molecule has 15 heavy (non-hydrogen) atoms. The van der Waals surface area contributed by atoms with Gasteiger partial charge in [-0.3, -0.25) is 0 Å². The summed E-state index contributed by atoms with van der Waals surface area (Å²) in [4.78, 5) is 3.95. The zero-order chi connectivity index (χ0) is 10.7. The van der Waals surface area contributed by atoms with Gasteiger partial charge in [0.15, 0.2) is 0 Å². The van der Waals surface area contributed by atoms with Crippen molar-refractivity contribution < 1.29 is 0 Å². The normalized spacial score (nSPS) is 9.47. The molecule has 0 aliphatic heterocycles. The van der Waals surface area contributed by atoms with Crippen LogP contribution < -0.4 is 0 Å². The van der Waals surface area contributed by atoms with E-state index in [2.05, 4.69) is 16.8 Å². The van der Waals surface area contributed by atoms with Crippen molar-refractivity contribution in [1.82, 2.24) is 9.55 Å². The molecule has 1 aromatic heterocycles. The van der Waals surface area contributed by atoms with Crippen molar-refractivity contribution in [3.05, 3.63) is 53.1 Å². The third-order valence-corrected chi connectivity index (χ3v) is 2.39. The average Bonchev–Trinajstić information content (AvgIpc) is 2.59. The van der Waals surface area contributed by atoms with Crippen molar-refractivity contribution in [3.8, 4) is 11.8 Å². The predicted molar refractivity (Wildman–Crippen MR) is 60.6 cm³/mol. The molecular formula is C12H9ClN2. The summed E-state index contributed by atoms with van der Waals surface area (Å²) in [5, 5.41) is 0.451. The van der Waals surface area contributed by atoms with Crippen LogP contribution in [-0.2, 0) is 7.05 Å². The maximum atomic E-state index is 5.80. The average molecular weight is 217 g/mol. The van der Waals surface area contributed by atoms with E-state index < -0.39 is 0 Å². The summed E-state index contributed by atoms with van der Waals surface area (Å²) in [6, 6.07) is 9.81. The number of aromatic nitrogens is 2. The zero-order valence-electron chi connectivity index (χ0n) is 8.24. The van der Waals surface area contributed by atoms with Crippen LogP contribution in [0.15, 0.2) is 36.5 Å². The first-order chi connectivity index (χ1) is 7.27. The minimum Gasteiger partial charge on any atom is -0.311 e. The number of imidazole rings is 1. The molecule has 1 aromatic carbocycles. The SMILES string of the molecule is Cn1c(C#Cc2ccccc2)cnc1Cl. The summed E-state index contributed by atoms with van der Waals surface area (Å²) in [6.07, 6.45) is 1.66. The van der Waals surface area contributed by atoms with E-state index in [1.165, 1.54) is 0 Å². The van der Waals surface area contributed by atoms with Crippen LogP contribution in [0.3, 0.4) is 0 Å². The molecule has 0 bridgehead atoms. The van der Waals surface area contributed by atoms with Gasteiger partial charge < -0.3 is 4.57 Å². The van der Waals surface area contributed by atoms with Gasteiger partial charge in [0.2, 0.25) is 5.28 Å². The fraction of sp³-hybridized carbons (Fsp3) is 0.0833. The Morgan fingerprint density at radius 3 is 2.53 bits per heavy atom. The van der Waals surface area contributed by atoms with E-state index in [1.807, 2.05) is 37.4 Å². The molecule has 0 atom stereocenters. The van der Waals surface area contributed by atoms with E-state index in [0.29, 0.717) is 5.28 Å². The van der Waals surface area contributed by atoms with Gasteiger partial charge in [-0.1, -0.05) is 24.1 Å². The van der Waals surface area contributed by atoms with Gasteiger partial charge in [-0.2, -0.15) is 0 Å². The van der Waals surface area contributed by atoms with Crippen LogP contribution >= 0.6 is 11.6 Å². The van der Waals surface area contributed by atoms with Crippen LogP contribution in [-0.4, -0.2) is 9.55 Å². The molecule has 2 aromatic rings. The Labute approximate surface area is 93.5 Å². The third kappa shape index (κ3) is 2.20. The molecule has 0 N–H and O–H groups in total. The Balaban J connectivity index is 2.30. The summed E-state index contributed by atoms with van der Waals surface area (Å²) < 4.78 is 1.75. The molecule has 0 aliphatic rings. The molecule has 0 unspecified atom stereocenters. The van der Waals surface area contributed by atoms with E-state index >= 15 is 0 Å². The number of halogens is 1. The molecule has 0 radical (unpaired) electrons. The molecule has 2 nitrogen and oxygen atoms in total. The highest BCUT2D eigenvalue weighted by Crippen LogP contribution is 2.07. The van der Waals surface area contributed by atoms with Crippen molar-refractivity contribution >= 4 is 11.6 Å². The second-order valence-electron chi connectivity index (χ2n) is 3.09. The lowest BCUT2D eigenvalue weighted by molar-refractivity contribution is 0.900. The fourth-order valence-corrected chi connectivity index (χ4v) is 1.30. The first-order valence-electron chi connectivity index (χ1n) is 4.51. The van der Waals surface area contributed by atoms with E-state index in [1.54, 1.807) is 10.8 Å². The largest absolute Gasteiger partial charge is 0.311 e. The molecular weight excluding hydrogens is 208 g/mol. The van der Waals surface area contributed by atoms with Crippen LogP contribution in [0, 0.1) is 11.8 Å². The van der Waals surface area contributed by atoms with Crippen molar-refractivity contribution in [3.63, 3.8) is 0 Å². The highest BCUT2D eigenvalue weighted by molar-refractivity contribution is 6.28. The van der Waals surface area contributed by atoms with E-state index in [-0.39, 0.29) is 0 Å². The van der Waals surface area contributed by atoms with E-state index in [4.69, 9.17) is 11.6 Å². The second-order valence-corrected chi connectivity index (χ2v) is 3.43. The van der Waals surface area contributed by atoms with Crippen molar-refractivity contribution in [1.29, 1.82) is 0 Å². The van der Waals surface area contributed by atoms with Gasteiger partial charge in [-0.25, -0.2) is 4.98 Å². The molecule has 0 aliphatic carbocycles. The fourth-order valence-electron chi connectivity index (χ4n) is 1.16. The minimum atomic E-state index is 0.451. The molecule has 74 valence electrons. The molecule has 0 amide bonds. The number of rotatable bonds is 0. The monoisotopic (exact) mass is 216 g/mol.